The van der Waals surface area contributed by atoms with Crippen LogP contribution >= 0.6 is 0 Å². The number of nitrogens with zero attached hydrogens (tertiary/aromatic N) is 7. The molecular weight excluding hydrogens is 532 g/mol. The summed E-state index contributed by atoms with van der Waals surface area (Å²) in [5, 5.41) is 17.3. The van der Waals surface area contributed by atoms with Gasteiger partial charge in [-0.05, 0) is 35.7 Å². The van der Waals surface area contributed by atoms with Crippen molar-refractivity contribution in [2.45, 2.75) is 44.4 Å². The number of azide groups is 1. The molecule has 1 fully saturated rings. The zero-order valence-electron chi connectivity index (χ0n) is 21.9. The van der Waals surface area contributed by atoms with Gasteiger partial charge in [-0.1, -0.05) is 47.6 Å². The molecule has 1 aliphatic heterocycles. The number of benzene rings is 2. The van der Waals surface area contributed by atoms with E-state index in [1.54, 1.807) is 61.5 Å². The fourth-order valence-electron chi connectivity index (χ4n) is 4.72. The first-order valence-electron chi connectivity index (χ1n) is 12.5. The van der Waals surface area contributed by atoms with Crippen molar-refractivity contribution in [3.63, 3.8) is 0 Å². The molecule has 0 bridgehead atoms. The molecule has 14 nitrogen and oxygen atoms in total. The normalized spacial score (nSPS) is 20.7. The van der Waals surface area contributed by atoms with Crippen LogP contribution in [0.4, 0.5) is 5.82 Å². The Bertz CT molecular complexity index is 1670. The van der Waals surface area contributed by atoms with Crippen molar-refractivity contribution in [1.29, 1.82) is 0 Å². The number of aromatic nitrogens is 4. The van der Waals surface area contributed by atoms with E-state index in [-0.39, 0.29) is 17.0 Å². The fraction of sp³-hybridized carbons (Fsp3) is 0.259. The standard InChI is InChI=1S/C27H24N8O6/c1-14-8-6-7-11-17(14)20(37)21(38)22-18(33-34-28)23(40-15(2)36)27(41-22)35-13-31-19-24(29-12-30-25(19)35)32-26(39)16-9-4-3-5-10-16/h3-13,18,20,22-23,27,37H,1-2H3,(H,29,30,32,39)/t18-,20?,22+,23-,27-/m1/s1. The molecule has 3 heterocycles. The average Bonchev–Trinajstić information content (AvgIpc) is 3.55. The Morgan fingerprint density at radius 2 is 1.85 bits per heavy atom. The predicted molar refractivity (Wildman–Crippen MR) is 143 cm³/mol. The lowest BCUT2D eigenvalue weighted by Crippen LogP contribution is -2.39. The van der Waals surface area contributed by atoms with Crippen LogP contribution in [0.3, 0.4) is 0 Å². The smallest absolute Gasteiger partial charge is 0.303 e. The quantitative estimate of drug-likeness (QED) is 0.142. The maximum Gasteiger partial charge on any atom is 0.303 e. The number of hydrogen-bond acceptors (Lipinski definition) is 10. The second kappa shape index (κ2) is 11.5. The largest absolute Gasteiger partial charge is 0.457 e. The number of nitrogens with one attached hydrogen (secondary N) is 1. The molecule has 2 aromatic heterocycles. The van der Waals surface area contributed by atoms with E-state index in [9.17, 15) is 25.0 Å². The highest BCUT2D eigenvalue weighted by molar-refractivity contribution is 6.06. The van der Waals surface area contributed by atoms with Crippen molar-refractivity contribution >= 4 is 34.6 Å². The molecule has 1 amide bonds. The Labute approximate surface area is 232 Å². The van der Waals surface area contributed by atoms with Gasteiger partial charge in [-0.3, -0.25) is 19.0 Å². The third kappa shape index (κ3) is 5.34. The summed E-state index contributed by atoms with van der Waals surface area (Å²) in [4.78, 5) is 53.9. The third-order valence-corrected chi connectivity index (χ3v) is 6.63. The molecule has 0 spiro atoms. The minimum atomic E-state index is -1.60. The number of fused-ring (bicyclic) bond motifs is 1. The number of esters is 1. The summed E-state index contributed by atoms with van der Waals surface area (Å²) >= 11 is 0. The number of carbonyl (C=O) groups is 3. The Hall–Kier alpha value is -5.17. The van der Waals surface area contributed by atoms with Gasteiger partial charge in [0.15, 0.2) is 35.1 Å². The Kier molecular flexibility index (Phi) is 7.70. The van der Waals surface area contributed by atoms with E-state index in [0.717, 1.165) is 6.92 Å². The first-order chi connectivity index (χ1) is 19.8. The number of ketones is 1. The molecule has 41 heavy (non-hydrogen) atoms. The first-order valence-corrected chi connectivity index (χ1v) is 12.5. The average molecular weight is 557 g/mol. The summed E-state index contributed by atoms with van der Waals surface area (Å²) in [6.45, 7) is 2.90. The molecule has 0 aliphatic carbocycles. The first kappa shape index (κ1) is 27.4. The third-order valence-electron chi connectivity index (χ3n) is 6.63. The maximum atomic E-state index is 13.5. The fourth-order valence-corrected chi connectivity index (χ4v) is 4.72. The van der Waals surface area contributed by atoms with Gasteiger partial charge in [-0.15, -0.1) is 0 Å². The number of amides is 1. The monoisotopic (exact) mass is 556 g/mol. The topological polar surface area (TPSA) is 194 Å². The molecule has 1 saturated heterocycles. The maximum absolute atomic E-state index is 13.5. The summed E-state index contributed by atoms with van der Waals surface area (Å²) in [5.41, 5.74) is 11.1. The highest BCUT2D eigenvalue weighted by Gasteiger charge is 2.52. The van der Waals surface area contributed by atoms with Crippen LogP contribution in [-0.4, -0.2) is 60.5 Å². The van der Waals surface area contributed by atoms with Crippen molar-refractivity contribution in [2.24, 2.45) is 5.11 Å². The van der Waals surface area contributed by atoms with Crippen molar-refractivity contribution < 1.29 is 29.0 Å². The number of hydrogen-bond donors (Lipinski definition) is 2. The molecule has 5 rings (SSSR count). The van der Waals surface area contributed by atoms with Gasteiger partial charge in [-0.25, -0.2) is 15.0 Å². The number of aryl methyl sites for hydroxylation is 1. The van der Waals surface area contributed by atoms with Crippen LogP contribution < -0.4 is 5.32 Å². The molecule has 0 radical (unpaired) electrons. The minimum absolute atomic E-state index is 0.110. The SMILES string of the molecule is CC(=O)O[C@@H]1[C@H](N=[N+]=[N-])[C@@H](C(=O)C(O)c2ccccc2C)O[C@H]1n1cnc2c(NC(=O)c3ccccc3)ncnc21. The molecule has 1 unspecified atom stereocenters. The van der Waals surface area contributed by atoms with Gasteiger partial charge in [-0.2, -0.15) is 0 Å². The lowest BCUT2D eigenvalue weighted by molar-refractivity contribution is -0.153. The van der Waals surface area contributed by atoms with Crippen LogP contribution in [0.1, 0.15) is 40.7 Å². The molecule has 14 heteroatoms. The number of imidazole rings is 1. The van der Waals surface area contributed by atoms with Crippen molar-refractivity contribution in [1.82, 2.24) is 19.5 Å². The summed E-state index contributed by atoms with van der Waals surface area (Å²) in [7, 11) is 0. The molecular formula is C27H24N8O6. The van der Waals surface area contributed by atoms with Gasteiger partial charge in [0.25, 0.3) is 5.91 Å². The van der Waals surface area contributed by atoms with Gasteiger partial charge < -0.3 is 19.9 Å². The van der Waals surface area contributed by atoms with Crippen molar-refractivity contribution in [3.8, 4) is 0 Å². The zero-order chi connectivity index (χ0) is 29.1. The van der Waals surface area contributed by atoms with Gasteiger partial charge in [0, 0.05) is 17.4 Å². The van der Waals surface area contributed by atoms with Crippen LogP contribution in [-0.2, 0) is 19.1 Å². The second-order valence-electron chi connectivity index (χ2n) is 9.24. The molecule has 2 N–H and O–H groups in total. The number of Topliss-reactive ketones (excluding diaryl/α,β-unsaturated/α-hetero) is 1. The van der Waals surface area contributed by atoms with Gasteiger partial charge in [0.05, 0.1) is 6.33 Å². The molecule has 2 aromatic carbocycles. The number of ether oxygens (including phenoxy) is 2. The second-order valence-corrected chi connectivity index (χ2v) is 9.24. The summed E-state index contributed by atoms with van der Waals surface area (Å²) in [5.74, 6) is -1.82. The molecule has 1 aliphatic rings. The van der Waals surface area contributed by atoms with Crippen molar-refractivity contribution in [2.75, 3.05) is 5.32 Å². The van der Waals surface area contributed by atoms with Gasteiger partial charge in [0.1, 0.15) is 24.6 Å². The number of aliphatic hydroxyl groups is 1. The Morgan fingerprint density at radius 1 is 1.12 bits per heavy atom. The van der Waals surface area contributed by atoms with E-state index in [0.29, 0.717) is 16.7 Å². The van der Waals surface area contributed by atoms with Crippen LogP contribution in [0, 0.1) is 6.92 Å². The lowest BCUT2D eigenvalue weighted by Gasteiger charge is -2.21. The van der Waals surface area contributed by atoms with Gasteiger partial charge >= 0.3 is 5.97 Å². The van der Waals surface area contributed by atoms with E-state index in [1.165, 1.54) is 17.2 Å². The predicted octanol–water partition coefficient (Wildman–Crippen LogP) is 3.20. The van der Waals surface area contributed by atoms with E-state index < -0.39 is 48.2 Å². The van der Waals surface area contributed by atoms with Crippen LogP contribution in [0.2, 0.25) is 0 Å². The van der Waals surface area contributed by atoms with Crippen LogP contribution in [0.15, 0.2) is 72.4 Å². The number of carbonyl (C=O) groups excluding carboxylic acids is 3. The lowest BCUT2D eigenvalue weighted by atomic mass is 9.94. The zero-order valence-corrected chi connectivity index (χ0v) is 21.9. The van der Waals surface area contributed by atoms with Crippen LogP contribution in [0.25, 0.3) is 21.6 Å². The van der Waals surface area contributed by atoms with E-state index >= 15 is 0 Å². The van der Waals surface area contributed by atoms with E-state index in [1.807, 2.05) is 0 Å². The summed E-state index contributed by atoms with van der Waals surface area (Å²) in [6.07, 6.45) is -3.08. The highest BCUT2D eigenvalue weighted by atomic mass is 16.6. The molecule has 4 aromatic rings. The Balaban J connectivity index is 1.52. The summed E-state index contributed by atoms with van der Waals surface area (Å²) < 4.78 is 12.9. The van der Waals surface area contributed by atoms with Crippen LogP contribution in [0.5, 0.6) is 0 Å². The molecule has 5 atom stereocenters. The molecule has 208 valence electrons. The number of aliphatic hydroxyl groups excluding tert-OH is 1. The highest BCUT2D eigenvalue weighted by Crippen LogP contribution is 2.38. The number of rotatable bonds is 8. The summed E-state index contributed by atoms with van der Waals surface area (Å²) in [6, 6.07) is 14.0. The van der Waals surface area contributed by atoms with Crippen molar-refractivity contribution in [3.05, 3.63) is 94.4 Å². The minimum Gasteiger partial charge on any atom is -0.457 e. The molecule has 0 saturated carbocycles. The van der Waals surface area contributed by atoms with E-state index in [4.69, 9.17) is 9.47 Å². The Morgan fingerprint density at radius 3 is 2.56 bits per heavy atom. The van der Waals surface area contributed by atoms with Gasteiger partial charge in [0.2, 0.25) is 0 Å². The number of anilines is 1. The van der Waals surface area contributed by atoms with E-state index in [2.05, 4.69) is 30.3 Å².